The van der Waals surface area contributed by atoms with E-state index in [4.69, 9.17) is 33.7 Å². The number of hydrogen-bond acceptors (Lipinski definition) is 3. The van der Waals surface area contributed by atoms with Gasteiger partial charge in [0.15, 0.2) is 6.61 Å². The molecule has 0 radical (unpaired) electrons. The van der Waals surface area contributed by atoms with Crippen LogP contribution in [-0.2, 0) is 4.79 Å². The zero-order valence-electron chi connectivity index (χ0n) is 10.9. The van der Waals surface area contributed by atoms with Gasteiger partial charge < -0.3 is 15.8 Å². The number of fused-ring (bicyclic) bond motifs is 1. The van der Waals surface area contributed by atoms with Crippen LogP contribution in [-0.4, -0.2) is 12.5 Å². The highest BCUT2D eigenvalue weighted by molar-refractivity contribution is 6.35. The zero-order valence-corrected chi connectivity index (χ0v) is 12.4. The SMILES string of the molecule is NC(c1ccc2c(c1)NC(=O)CO2)c1ccc(Cl)cc1Cl. The molecule has 0 aliphatic carbocycles. The summed E-state index contributed by atoms with van der Waals surface area (Å²) in [6.45, 7) is 0.0292. The minimum atomic E-state index is -0.418. The van der Waals surface area contributed by atoms with Crippen LogP contribution in [0.1, 0.15) is 17.2 Å². The normalized spacial score (nSPS) is 14.9. The van der Waals surface area contributed by atoms with Crippen molar-refractivity contribution < 1.29 is 9.53 Å². The Morgan fingerprint density at radius 2 is 2.00 bits per heavy atom. The monoisotopic (exact) mass is 322 g/mol. The summed E-state index contributed by atoms with van der Waals surface area (Å²) in [6.07, 6.45) is 0. The number of ether oxygens (including phenoxy) is 1. The minimum Gasteiger partial charge on any atom is -0.482 e. The average Bonchev–Trinajstić information content (AvgIpc) is 2.46. The van der Waals surface area contributed by atoms with Crippen LogP contribution in [0.25, 0.3) is 0 Å². The summed E-state index contributed by atoms with van der Waals surface area (Å²) in [4.78, 5) is 11.4. The molecule has 0 spiro atoms. The Labute approximate surface area is 131 Å². The summed E-state index contributed by atoms with van der Waals surface area (Å²) in [5.41, 5.74) is 8.46. The van der Waals surface area contributed by atoms with Gasteiger partial charge in [0.25, 0.3) is 5.91 Å². The van der Waals surface area contributed by atoms with Gasteiger partial charge in [-0.3, -0.25) is 4.79 Å². The first-order valence-corrected chi connectivity index (χ1v) is 7.07. The molecule has 1 heterocycles. The van der Waals surface area contributed by atoms with Gasteiger partial charge in [0.05, 0.1) is 11.7 Å². The summed E-state index contributed by atoms with van der Waals surface area (Å²) in [7, 11) is 0. The molecule has 21 heavy (non-hydrogen) atoms. The number of anilines is 1. The van der Waals surface area contributed by atoms with Crippen molar-refractivity contribution in [2.75, 3.05) is 11.9 Å². The minimum absolute atomic E-state index is 0.0292. The van der Waals surface area contributed by atoms with Crippen molar-refractivity contribution in [1.29, 1.82) is 0 Å². The van der Waals surface area contributed by atoms with E-state index in [0.717, 1.165) is 11.1 Å². The van der Waals surface area contributed by atoms with Crippen molar-refractivity contribution in [2.45, 2.75) is 6.04 Å². The van der Waals surface area contributed by atoms with E-state index in [0.29, 0.717) is 21.5 Å². The van der Waals surface area contributed by atoms with Gasteiger partial charge >= 0.3 is 0 Å². The summed E-state index contributed by atoms with van der Waals surface area (Å²) < 4.78 is 5.32. The first kappa shape index (κ1) is 14.2. The molecule has 0 saturated heterocycles. The maximum absolute atomic E-state index is 11.4. The van der Waals surface area contributed by atoms with Gasteiger partial charge in [-0.25, -0.2) is 0 Å². The Hall–Kier alpha value is -1.75. The highest BCUT2D eigenvalue weighted by Crippen LogP contribution is 2.34. The zero-order chi connectivity index (χ0) is 15.0. The molecular formula is C15H12Cl2N2O2. The largest absolute Gasteiger partial charge is 0.482 e. The van der Waals surface area contributed by atoms with Crippen molar-refractivity contribution in [3.05, 3.63) is 57.6 Å². The Bertz CT molecular complexity index is 719. The Morgan fingerprint density at radius 3 is 2.76 bits per heavy atom. The first-order chi connectivity index (χ1) is 10.0. The van der Waals surface area contributed by atoms with Gasteiger partial charge in [0, 0.05) is 10.0 Å². The number of carbonyl (C=O) groups excluding carboxylic acids is 1. The molecular weight excluding hydrogens is 311 g/mol. The van der Waals surface area contributed by atoms with Gasteiger partial charge in [-0.05, 0) is 35.4 Å². The lowest BCUT2D eigenvalue weighted by Crippen LogP contribution is -2.25. The van der Waals surface area contributed by atoms with E-state index in [1.807, 2.05) is 6.07 Å². The molecule has 1 aliphatic heterocycles. The second-order valence-electron chi connectivity index (χ2n) is 4.74. The molecule has 2 aromatic rings. The van der Waals surface area contributed by atoms with Crippen LogP contribution in [0.3, 0.4) is 0 Å². The molecule has 3 rings (SSSR count). The van der Waals surface area contributed by atoms with E-state index in [1.54, 1.807) is 30.3 Å². The van der Waals surface area contributed by atoms with Crippen LogP contribution < -0.4 is 15.8 Å². The fourth-order valence-corrected chi connectivity index (χ4v) is 2.75. The first-order valence-electron chi connectivity index (χ1n) is 6.32. The molecule has 3 N–H and O–H groups in total. The van der Waals surface area contributed by atoms with Crippen LogP contribution in [0.15, 0.2) is 36.4 Å². The van der Waals surface area contributed by atoms with Crippen LogP contribution in [0.5, 0.6) is 5.75 Å². The molecule has 108 valence electrons. The summed E-state index contributed by atoms with van der Waals surface area (Å²) in [5.74, 6) is 0.450. The Kier molecular flexibility index (Phi) is 3.76. The maximum atomic E-state index is 11.4. The van der Waals surface area contributed by atoms with E-state index in [1.165, 1.54) is 0 Å². The number of carbonyl (C=O) groups is 1. The fraction of sp³-hybridized carbons (Fsp3) is 0.133. The molecule has 1 unspecified atom stereocenters. The van der Waals surface area contributed by atoms with Crippen LogP contribution in [0, 0.1) is 0 Å². The standard InChI is InChI=1S/C15H12Cl2N2O2/c16-9-2-3-10(11(17)6-9)15(18)8-1-4-13-12(5-8)19-14(20)7-21-13/h1-6,15H,7,18H2,(H,19,20). The second-order valence-corrected chi connectivity index (χ2v) is 5.58. The maximum Gasteiger partial charge on any atom is 0.262 e. The Morgan fingerprint density at radius 1 is 1.19 bits per heavy atom. The topological polar surface area (TPSA) is 64.3 Å². The third-order valence-corrected chi connectivity index (χ3v) is 3.86. The molecule has 4 nitrogen and oxygen atoms in total. The van der Waals surface area contributed by atoms with Crippen molar-refractivity contribution in [1.82, 2.24) is 0 Å². The number of hydrogen-bond donors (Lipinski definition) is 2. The lowest BCUT2D eigenvalue weighted by atomic mass is 9.98. The lowest BCUT2D eigenvalue weighted by Gasteiger charge is -2.21. The van der Waals surface area contributed by atoms with Crippen LogP contribution in [0.4, 0.5) is 5.69 Å². The predicted molar refractivity (Wildman–Crippen MR) is 83.1 cm³/mol. The smallest absolute Gasteiger partial charge is 0.262 e. The van der Waals surface area contributed by atoms with Gasteiger partial charge in [-0.1, -0.05) is 35.3 Å². The summed E-state index contributed by atoms with van der Waals surface area (Å²) in [6, 6.07) is 10.2. The van der Waals surface area contributed by atoms with Crippen LogP contribution >= 0.6 is 23.2 Å². The lowest BCUT2D eigenvalue weighted by molar-refractivity contribution is -0.118. The Balaban J connectivity index is 1.96. The molecule has 0 fully saturated rings. The average molecular weight is 323 g/mol. The number of benzene rings is 2. The predicted octanol–water partition coefficient (Wildman–Crippen LogP) is 3.37. The van der Waals surface area contributed by atoms with Crippen molar-refractivity contribution in [3.63, 3.8) is 0 Å². The number of nitrogens with one attached hydrogen (secondary N) is 1. The van der Waals surface area contributed by atoms with Gasteiger partial charge in [0.2, 0.25) is 0 Å². The van der Waals surface area contributed by atoms with Crippen molar-refractivity contribution >= 4 is 34.8 Å². The molecule has 6 heteroatoms. The van der Waals surface area contributed by atoms with E-state index in [-0.39, 0.29) is 12.5 Å². The van der Waals surface area contributed by atoms with Crippen LogP contribution in [0.2, 0.25) is 10.0 Å². The third-order valence-electron chi connectivity index (χ3n) is 3.29. The molecule has 2 aromatic carbocycles. The molecule has 0 aromatic heterocycles. The van der Waals surface area contributed by atoms with Crippen molar-refractivity contribution in [3.8, 4) is 5.75 Å². The van der Waals surface area contributed by atoms with Crippen molar-refractivity contribution in [2.24, 2.45) is 5.73 Å². The number of nitrogens with two attached hydrogens (primary N) is 1. The highest BCUT2D eigenvalue weighted by atomic mass is 35.5. The van der Waals surface area contributed by atoms with E-state index in [2.05, 4.69) is 5.32 Å². The van der Waals surface area contributed by atoms with Gasteiger partial charge in [-0.15, -0.1) is 0 Å². The quantitative estimate of drug-likeness (QED) is 0.890. The second kappa shape index (κ2) is 5.56. The summed E-state index contributed by atoms with van der Waals surface area (Å²) in [5, 5.41) is 3.82. The van der Waals surface area contributed by atoms with Gasteiger partial charge in [0.1, 0.15) is 5.75 Å². The third kappa shape index (κ3) is 2.83. The van der Waals surface area contributed by atoms with E-state index >= 15 is 0 Å². The fourth-order valence-electron chi connectivity index (χ4n) is 2.23. The van der Waals surface area contributed by atoms with Gasteiger partial charge in [-0.2, -0.15) is 0 Å². The molecule has 1 atom stereocenters. The number of rotatable bonds is 2. The molecule has 1 aliphatic rings. The van der Waals surface area contributed by atoms with E-state index < -0.39 is 6.04 Å². The number of amides is 1. The highest BCUT2D eigenvalue weighted by Gasteiger charge is 2.19. The van der Waals surface area contributed by atoms with E-state index in [9.17, 15) is 4.79 Å². The molecule has 1 amide bonds. The molecule has 0 bridgehead atoms. The molecule has 0 saturated carbocycles. The number of halogens is 2. The summed E-state index contributed by atoms with van der Waals surface area (Å²) >= 11 is 12.1.